The Hall–Kier alpha value is -4.69. The molecular weight excluding hydrogens is 560 g/mol. The second-order valence-corrected chi connectivity index (χ2v) is 10.7. The van der Waals surface area contributed by atoms with Crippen molar-refractivity contribution in [2.45, 2.75) is 83.1 Å². The van der Waals surface area contributed by atoms with Crippen molar-refractivity contribution in [3.05, 3.63) is 35.9 Å². The van der Waals surface area contributed by atoms with Crippen LogP contribution in [-0.2, 0) is 35.2 Å². The molecule has 10 N–H and O–H groups in total. The number of carboxylic acid groups (broad SMARTS) is 1. The Labute approximate surface area is 250 Å². The summed E-state index contributed by atoms with van der Waals surface area (Å²) in [5.74, 6) is -5.61. The lowest BCUT2D eigenvalue weighted by Gasteiger charge is -2.27. The van der Waals surface area contributed by atoms with Gasteiger partial charge in [-0.3, -0.25) is 33.8 Å². The SMILES string of the molecule is CC(C)[C@@H]1NC(=O)[C@@H](Cc2ccccc2)NC(=O)[C@H](CC(=O)O)NC(=O)[C@H](C)NC(=O)[C@H](CCCCN=C(N)N)NC1=O. The van der Waals surface area contributed by atoms with E-state index in [1.165, 1.54) is 6.92 Å². The number of nitrogens with one attached hydrogen (secondary N) is 5. The summed E-state index contributed by atoms with van der Waals surface area (Å²) in [4.78, 5) is 81.8. The molecule has 1 aliphatic rings. The van der Waals surface area contributed by atoms with E-state index in [2.05, 4.69) is 31.6 Å². The molecule has 0 aromatic heterocycles. The predicted octanol–water partition coefficient (Wildman–Crippen LogP) is -1.74. The summed E-state index contributed by atoms with van der Waals surface area (Å²) in [7, 11) is 0. The minimum absolute atomic E-state index is 0.0213. The van der Waals surface area contributed by atoms with Gasteiger partial charge in [0.1, 0.15) is 30.2 Å². The molecule has 43 heavy (non-hydrogen) atoms. The van der Waals surface area contributed by atoms with E-state index in [1.54, 1.807) is 44.2 Å². The third-order valence-electron chi connectivity index (χ3n) is 6.75. The maximum Gasteiger partial charge on any atom is 0.305 e. The molecule has 5 amide bonds. The second kappa shape index (κ2) is 16.7. The van der Waals surface area contributed by atoms with E-state index in [0.29, 0.717) is 24.9 Å². The largest absolute Gasteiger partial charge is 0.481 e. The molecule has 0 radical (unpaired) electrons. The summed E-state index contributed by atoms with van der Waals surface area (Å²) in [6.07, 6.45) is 0.359. The summed E-state index contributed by atoms with van der Waals surface area (Å²) in [5, 5.41) is 22.2. The van der Waals surface area contributed by atoms with Crippen LogP contribution in [0.2, 0.25) is 0 Å². The number of nitrogens with zero attached hydrogens (tertiary/aromatic N) is 1. The third kappa shape index (κ3) is 11.6. The Morgan fingerprint density at radius 3 is 2.00 bits per heavy atom. The number of guanidine groups is 1. The fourth-order valence-electron chi connectivity index (χ4n) is 4.38. The minimum Gasteiger partial charge on any atom is -0.481 e. The third-order valence-corrected chi connectivity index (χ3v) is 6.75. The van der Waals surface area contributed by atoms with Gasteiger partial charge in [-0.05, 0) is 37.7 Å². The van der Waals surface area contributed by atoms with Crippen LogP contribution in [0.4, 0.5) is 0 Å². The van der Waals surface area contributed by atoms with Gasteiger partial charge in [-0.25, -0.2) is 0 Å². The van der Waals surface area contributed by atoms with Crippen molar-refractivity contribution < 1.29 is 33.9 Å². The molecule has 5 atom stereocenters. The number of hydrogen-bond donors (Lipinski definition) is 8. The first-order chi connectivity index (χ1) is 20.3. The first-order valence-electron chi connectivity index (χ1n) is 14.1. The Bertz CT molecular complexity index is 1190. The zero-order chi connectivity index (χ0) is 32.1. The minimum atomic E-state index is -1.55. The van der Waals surface area contributed by atoms with Crippen LogP contribution in [0.25, 0.3) is 0 Å². The fraction of sp³-hybridized carbons (Fsp3) is 0.536. The second-order valence-electron chi connectivity index (χ2n) is 10.7. The van der Waals surface area contributed by atoms with Crippen LogP contribution in [0.1, 0.15) is 52.0 Å². The molecule has 0 unspecified atom stereocenters. The van der Waals surface area contributed by atoms with Crippen molar-refractivity contribution in [2.75, 3.05) is 6.54 Å². The van der Waals surface area contributed by atoms with Gasteiger partial charge in [-0.15, -0.1) is 0 Å². The molecule has 2 rings (SSSR count). The number of carboxylic acids is 1. The van der Waals surface area contributed by atoms with E-state index in [0.717, 1.165) is 0 Å². The number of aliphatic imine (C=N–C) groups is 1. The molecule has 1 heterocycles. The fourth-order valence-corrected chi connectivity index (χ4v) is 4.38. The van der Waals surface area contributed by atoms with E-state index in [-0.39, 0.29) is 18.8 Å². The average Bonchev–Trinajstić information content (AvgIpc) is 2.93. The zero-order valence-corrected chi connectivity index (χ0v) is 24.6. The van der Waals surface area contributed by atoms with Gasteiger partial charge in [0.2, 0.25) is 29.5 Å². The van der Waals surface area contributed by atoms with Gasteiger partial charge in [0.25, 0.3) is 0 Å². The number of unbranched alkanes of at least 4 members (excludes halogenated alkanes) is 1. The highest BCUT2D eigenvalue weighted by Gasteiger charge is 2.35. The summed E-state index contributed by atoms with van der Waals surface area (Å²) in [6.45, 7) is 5.09. The van der Waals surface area contributed by atoms with Crippen molar-refractivity contribution in [1.82, 2.24) is 26.6 Å². The summed E-state index contributed by atoms with van der Waals surface area (Å²) in [5.41, 5.74) is 11.4. The van der Waals surface area contributed by atoms with Crippen LogP contribution in [0.3, 0.4) is 0 Å². The van der Waals surface area contributed by atoms with Crippen LogP contribution in [0, 0.1) is 5.92 Å². The number of hydrogen-bond acceptors (Lipinski definition) is 7. The van der Waals surface area contributed by atoms with E-state index >= 15 is 0 Å². The summed E-state index contributed by atoms with van der Waals surface area (Å²) in [6, 6.07) is 2.65. The lowest BCUT2D eigenvalue weighted by Crippen LogP contribution is -2.59. The van der Waals surface area contributed by atoms with Crippen molar-refractivity contribution >= 4 is 41.5 Å². The lowest BCUT2D eigenvalue weighted by molar-refractivity contribution is -0.141. The smallest absolute Gasteiger partial charge is 0.305 e. The number of nitrogens with two attached hydrogens (primary N) is 2. The van der Waals surface area contributed by atoms with Crippen molar-refractivity contribution in [3.8, 4) is 0 Å². The maximum atomic E-state index is 13.5. The van der Waals surface area contributed by atoms with Crippen molar-refractivity contribution in [2.24, 2.45) is 22.4 Å². The molecule has 15 nitrogen and oxygen atoms in total. The molecule has 1 aromatic carbocycles. The van der Waals surface area contributed by atoms with Crippen LogP contribution >= 0.6 is 0 Å². The summed E-state index contributed by atoms with van der Waals surface area (Å²) >= 11 is 0. The van der Waals surface area contributed by atoms with E-state index in [9.17, 15) is 33.9 Å². The topological polar surface area (TPSA) is 247 Å². The van der Waals surface area contributed by atoms with Crippen molar-refractivity contribution in [1.29, 1.82) is 0 Å². The molecular formula is C28H42N8O7. The zero-order valence-electron chi connectivity index (χ0n) is 24.6. The van der Waals surface area contributed by atoms with Crippen LogP contribution in [-0.4, -0.2) is 83.3 Å². The Balaban J connectivity index is 2.45. The molecule has 1 saturated heterocycles. The number of benzene rings is 1. The molecule has 0 aliphatic carbocycles. The standard InChI is InChI=1S/C28H42N8O7/c1-15(2)22-27(43)33-18(11-7-8-12-31-28(29)30)24(40)32-16(3)23(39)34-20(14-21(37)38)25(41)35-19(26(42)36-22)13-17-9-5-4-6-10-17/h4-6,9-10,15-16,18-20,22H,7-8,11-14H2,1-3H3,(H,32,40)(H,33,43)(H,34,39)(H,35,41)(H,36,42)(H,37,38)(H4,29,30,31)/t16-,18-,19+,20-,22-/m0/s1. The van der Waals surface area contributed by atoms with Gasteiger partial charge in [0.05, 0.1) is 6.42 Å². The maximum absolute atomic E-state index is 13.5. The molecule has 1 fully saturated rings. The molecule has 1 aromatic rings. The van der Waals surface area contributed by atoms with E-state index in [1.807, 2.05) is 0 Å². The van der Waals surface area contributed by atoms with Gasteiger partial charge in [-0.2, -0.15) is 0 Å². The van der Waals surface area contributed by atoms with Gasteiger partial charge in [0, 0.05) is 13.0 Å². The molecule has 0 spiro atoms. The molecule has 236 valence electrons. The van der Waals surface area contributed by atoms with Crippen molar-refractivity contribution in [3.63, 3.8) is 0 Å². The Kier molecular flexibility index (Phi) is 13.4. The highest BCUT2D eigenvalue weighted by Crippen LogP contribution is 2.10. The quantitative estimate of drug-likeness (QED) is 0.0859. The average molecular weight is 603 g/mol. The predicted molar refractivity (Wildman–Crippen MR) is 157 cm³/mol. The van der Waals surface area contributed by atoms with Gasteiger partial charge >= 0.3 is 5.97 Å². The van der Waals surface area contributed by atoms with Gasteiger partial charge in [-0.1, -0.05) is 44.2 Å². The van der Waals surface area contributed by atoms with E-state index < -0.39 is 78.1 Å². The molecule has 15 heteroatoms. The number of carbonyl (C=O) groups excluding carboxylic acids is 5. The lowest BCUT2D eigenvalue weighted by atomic mass is 9.99. The van der Waals surface area contributed by atoms with Crippen LogP contribution in [0.15, 0.2) is 35.3 Å². The van der Waals surface area contributed by atoms with Crippen LogP contribution in [0.5, 0.6) is 0 Å². The first kappa shape index (κ1) is 34.5. The Morgan fingerprint density at radius 2 is 1.40 bits per heavy atom. The highest BCUT2D eigenvalue weighted by molar-refractivity contribution is 5.98. The van der Waals surface area contributed by atoms with Gasteiger partial charge in [0.15, 0.2) is 5.96 Å². The first-order valence-corrected chi connectivity index (χ1v) is 14.1. The number of rotatable bonds is 10. The molecule has 0 saturated carbocycles. The number of aliphatic carboxylic acids is 1. The normalized spacial score (nSPS) is 23.9. The van der Waals surface area contributed by atoms with Gasteiger partial charge < -0.3 is 43.2 Å². The van der Waals surface area contributed by atoms with Crippen LogP contribution < -0.4 is 38.1 Å². The molecule has 1 aliphatic heterocycles. The Morgan fingerprint density at radius 1 is 0.814 bits per heavy atom. The van der Waals surface area contributed by atoms with E-state index in [4.69, 9.17) is 11.5 Å². The number of amides is 5. The molecule has 0 bridgehead atoms. The number of carbonyl (C=O) groups is 6. The highest BCUT2D eigenvalue weighted by atomic mass is 16.4. The summed E-state index contributed by atoms with van der Waals surface area (Å²) < 4.78 is 0. The monoisotopic (exact) mass is 602 g/mol.